The molecule has 0 aliphatic rings. The molecule has 0 spiro atoms. The monoisotopic (exact) mass is 251 g/mol. The molecule has 0 unspecified atom stereocenters. The Bertz CT molecular complexity index is 462. The summed E-state index contributed by atoms with van der Waals surface area (Å²) in [7, 11) is 0. The molecular weight excluding hydrogens is 234 g/mol. The van der Waals surface area contributed by atoms with Crippen molar-refractivity contribution >= 4 is 16.5 Å². The highest BCUT2D eigenvalue weighted by Crippen LogP contribution is 2.19. The zero-order chi connectivity index (χ0) is 12.1. The van der Waals surface area contributed by atoms with Crippen LogP contribution >= 0.6 is 11.5 Å². The van der Waals surface area contributed by atoms with Crippen molar-refractivity contribution in [1.29, 1.82) is 0 Å². The Morgan fingerprint density at radius 2 is 2.29 bits per heavy atom. The van der Waals surface area contributed by atoms with Crippen molar-refractivity contribution in [1.82, 2.24) is 19.1 Å². The molecule has 0 fully saturated rings. The average Bonchev–Trinajstić information content (AvgIpc) is 2.96. The van der Waals surface area contributed by atoms with Crippen LogP contribution in [-0.2, 0) is 13.0 Å². The maximum absolute atomic E-state index is 4.30. The second-order valence-electron chi connectivity index (χ2n) is 3.80. The van der Waals surface area contributed by atoms with E-state index in [2.05, 4.69) is 38.3 Å². The average molecular weight is 251 g/mol. The third-order valence-electron chi connectivity index (χ3n) is 2.53. The summed E-state index contributed by atoms with van der Waals surface area (Å²) in [4.78, 5) is 4.30. The van der Waals surface area contributed by atoms with E-state index in [1.807, 2.05) is 12.4 Å². The van der Waals surface area contributed by atoms with E-state index < -0.39 is 0 Å². The number of anilines is 1. The first-order valence-electron chi connectivity index (χ1n) is 5.90. The molecule has 0 aliphatic heterocycles. The van der Waals surface area contributed by atoms with Crippen molar-refractivity contribution in [2.75, 3.05) is 11.9 Å². The van der Waals surface area contributed by atoms with Crippen LogP contribution < -0.4 is 5.32 Å². The molecule has 2 aromatic rings. The molecule has 0 bridgehead atoms. The third-order valence-corrected chi connectivity index (χ3v) is 3.26. The molecule has 0 aliphatic carbocycles. The number of nitrogens with one attached hydrogen (secondary N) is 1. The predicted molar refractivity (Wildman–Crippen MR) is 69.4 cm³/mol. The second-order valence-corrected chi connectivity index (χ2v) is 4.55. The highest BCUT2D eigenvalue weighted by atomic mass is 32.1. The Morgan fingerprint density at radius 3 is 3.06 bits per heavy atom. The van der Waals surface area contributed by atoms with Crippen LogP contribution in [0.5, 0.6) is 0 Å². The van der Waals surface area contributed by atoms with Crippen LogP contribution in [-0.4, -0.2) is 25.7 Å². The molecule has 0 aromatic carbocycles. The van der Waals surface area contributed by atoms with Gasteiger partial charge in [0.05, 0.1) is 6.54 Å². The van der Waals surface area contributed by atoms with Crippen molar-refractivity contribution in [2.45, 2.75) is 33.2 Å². The van der Waals surface area contributed by atoms with Gasteiger partial charge < -0.3 is 9.88 Å². The number of hydrogen-bond acceptors (Lipinski definition) is 5. The molecule has 17 heavy (non-hydrogen) atoms. The fourth-order valence-electron chi connectivity index (χ4n) is 1.64. The summed E-state index contributed by atoms with van der Waals surface area (Å²) in [6.45, 7) is 5.95. The van der Waals surface area contributed by atoms with E-state index in [0.717, 1.165) is 42.5 Å². The lowest BCUT2D eigenvalue weighted by atomic mass is 10.4. The molecule has 5 nitrogen and oxygen atoms in total. The third kappa shape index (κ3) is 2.82. The summed E-state index contributed by atoms with van der Waals surface area (Å²) in [6.07, 6.45) is 5.85. The molecule has 0 amide bonds. The fraction of sp³-hybridized carbons (Fsp3) is 0.545. The van der Waals surface area contributed by atoms with Crippen LogP contribution in [0.2, 0.25) is 0 Å². The Kier molecular flexibility index (Phi) is 4.08. The minimum absolute atomic E-state index is 0.742. The number of rotatable bonds is 6. The smallest absolute Gasteiger partial charge is 0.135 e. The summed E-state index contributed by atoms with van der Waals surface area (Å²) in [6, 6.07) is 0. The first-order chi connectivity index (χ1) is 8.35. The molecule has 1 N–H and O–H groups in total. The molecular formula is C11H17N5S. The normalized spacial score (nSPS) is 10.7. The van der Waals surface area contributed by atoms with E-state index in [4.69, 9.17) is 0 Å². The number of nitrogens with zero attached hydrogens (tertiary/aromatic N) is 4. The van der Waals surface area contributed by atoms with Crippen molar-refractivity contribution in [3.05, 3.63) is 23.9 Å². The van der Waals surface area contributed by atoms with Gasteiger partial charge in [0.1, 0.15) is 16.5 Å². The van der Waals surface area contributed by atoms with E-state index in [0.29, 0.717) is 0 Å². The quantitative estimate of drug-likeness (QED) is 0.855. The lowest BCUT2D eigenvalue weighted by Crippen LogP contribution is -2.07. The topological polar surface area (TPSA) is 55.6 Å². The van der Waals surface area contributed by atoms with Gasteiger partial charge in [0, 0.05) is 36.9 Å². The maximum Gasteiger partial charge on any atom is 0.135 e. The van der Waals surface area contributed by atoms with Gasteiger partial charge in [-0.15, -0.1) is 5.10 Å². The standard InChI is InChI=1S/C11H17N5S/c1-3-5-13-11-9(14-15-17-11)8-16-7-6-12-10(16)4-2/h6-7,13H,3-5,8H2,1-2H3. The summed E-state index contributed by atoms with van der Waals surface area (Å²) < 4.78 is 6.13. The first kappa shape index (κ1) is 12.0. The van der Waals surface area contributed by atoms with Gasteiger partial charge in [-0.25, -0.2) is 4.98 Å². The SMILES string of the molecule is CCCNc1snnc1Cn1ccnc1CC. The van der Waals surface area contributed by atoms with Gasteiger partial charge in [-0.3, -0.25) is 0 Å². The van der Waals surface area contributed by atoms with Gasteiger partial charge in [-0.2, -0.15) is 0 Å². The van der Waals surface area contributed by atoms with Crippen molar-refractivity contribution in [3.63, 3.8) is 0 Å². The van der Waals surface area contributed by atoms with Crippen LogP contribution in [0.3, 0.4) is 0 Å². The summed E-state index contributed by atoms with van der Waals surface area (Å²) >= 11 is 1.42. The Labute approximate surface area is 105 Å². The number of imidazole rings is 1. The highest BCUT2D eigenvalue weighted by Gasteiger charge is 2.09. The minimum atomic E-state index is 0.742. The lowest BCUT2D eigenvalue weighted by Gasteiger charge is -2.06. The van der Waals surface area contributed by atoms with Gasteiger partial charge in [0.2, 0.25) is 0 Å². The summed E-state index contributed by atoms with van der Waals surface area (Å²) in [5.74, 6) is 1.08. The molecule has 0 atom stereocenters. The Hall–Kier alpha value is -1.43. The number of hydrogen-bond donors (Lipinski definition) is 1. The minimum Gasteiger partial charge on any atom is -0.374 e. The van der Waals surface area contributed by atoms with E-state index >= 15 is 0 Å². The van der Waals surface area contributed by atoms with E-state index in [1.54, 1.807) is 0 Å². The number of aryl methyl sites for hydroxylation is 1. The van der Waals surface area contributed by atoms with Gasteiger partial charge in [0.15, 0.2) is 0 Å². The molecule has 2 rings (SSSR count). The van der Waals surface area contributed by atoms with Crippen molar-refractivity contribution in [3.8, 4) is 0 Å². The molecule has 2 heterocycles. The summed E-state index contributed by atoms with van der Waals surface area (Å²) in [5, 5.41) is 8.60. The predicted octanol–water partition coefficient (Wildman–Crippen LogP) is 2.17. The largest absolute Gasteiger partial charge is 0.374 e. The summed E-state index contributed by atoms with van der Waals surface area (Å²) in [5.41, 5.74) is 0.996. The van der Waals surface area contributed by atoms with Gasteiger partial charge in [-0.1, -0.05) is 18.3 Å². The zero-order valence-corrected chi connectivity index (χ0v) is 11.0. The van der Waals surface area contributed by atoms with Crippen LogP contribution in [0.25, 0.3) is 0 Å². The molecule has 6 heteroatoms. The van der Waals surface area contributed by atoms with E-state index in [9.17, 15) is 0 Å². The first-order valence-corrected chi connectivity index (χ1v) is 6.67. The molecule has 0 saturated heterocycles. The highest BCUT2D eigenvalue weighted by molar-refractivity contribution is 7.10. The second kappa shape index (κ2) is 5.77. The lowest BCUT2D eigenvalue weighted by molar-refractivity contribution is 0.714. The molecule has 0 radical (unpaired) electrons. The van der Waals surface area contributed by atoms with E-state index in [1.165, 1.54) is 11.5 Å². The van der Waals surface area contributed by atoms with Crippen molar-refractivity contribution in [2.24, 2.45) is 0 Å². The Balaban J connectivity index is 2.10. The Morgan fingerprint density at radius 1 is 1.41 bits per heavy atom. The van der Waals surface area contributed by atoms with Crippen LogP contribution in [0.1, 0.15) is 31.8 Å². The molecule has 92 valence electrons. The van der Waals surface area contributed by atoms with E-state index in [-0.39, 0.29) is 0 Å². The fourth-order valence-corrected chi connectivity index (χ4v) is 2.24. The maximum atomic E-state index is 4.30. The molecule has 2 aromatic heterocycles. The van der Waals surface area contributed by atoms with Gasteiger partial charge in [0.25, 0.3) is 0 Å². The molecule has 0 saturated carbocycles. The van der Waals surface area contributed by atoms with Gasteiger partial charge in [-0.05, 0) is 6.42 Å². The van der Waals surface area contributed by atoms with Crippen LogP contribution in [0.4, 0.5) is 5.00 Å². The van der Waals surface area contributed by atoms with Crippen molar-refractivity contribution < 1.29 is 0 Å². The number of aromatic nitrogens is 4. The van der Waals surface area contributed by atoms with Gasteiger partial charge >= 0.3 is 0 Å². The van der Waals surface area contributed by atoms with Crippen LogP contribution in [0, 0.1) is 0 Å². The zero-order valence-electron chi connectivity index (χ0n) is 10.2. The van der Waals surface area contributed by atoms with Crippen LogP contribution in [0.15, 0.2) is 12.4 Å².